The summed E-state index contributed by atoms with van der Waals surface area (Å²) < 4.78 is 11.6. The number of hydrogen-bond donors (Lipinski definition) is 0. The van der Waals surface area contributed by atoms with Gasteiger partial charge in [0.15, 0.2) is 5.76 Å². The molecule has 6 heteroatoms. The summed E-state index contributed by atoms with van der Waals surface area (Å²) in [6.45, 7) is 14.3. The molecule has 0 bridgehead atoms. The molecule has 0 spiro atoms. The van der Waals surface area contributed by atoms with E-state index in [2.05, 4.69) is 13.0 Å². The summed E-state index contributed by atoms with van der Waals surface area (Å²) >= 11 is 0. The van der Waals surface area contributed by atoms with E-state index in [4.69, 9.17) is 8.85 Å². The summed E-state index contributed by atoms with van der Waals surface area (Å²) in [5.74, 6) is 0.352. The molecule has 1 aliphatic carbocycles. The minimum atomic E-state index is -1.93. The molecule has 0 saturated heterocycles. The van der Waals surface area contributed by atoms with Crippen LogP contribution in [0.15, 0.2) is 11.3 Å². The first-order chi connectivity index (χ1) is 9.93. The maximum atomic E-state index is 12.5. The number of nitrogens with zero attached hydrogens (tertiary/aromatic N) is 1. The van der Waals surface area contributed by atoms with Crippen molar-refractivity contribution in [2.45, 2.75) is 65.5 Å². The van der Waals surface area contributed by atoms with Crippen LogP contribution in [0.5, 0.6) is 0 Å². The Morgan fingerprint density at radius 2 is 1.64 bits per heavy atom. The van der Waals surface area contributed by atoms with Crippen LogP contribution < -0.4 is 0 Å². The summed E-state index contributed by atoms with van der Waals surface area (Å²) in [7, 11) is -3.81. The van der Waals surface area contributed by atoms with E-state index in [-0.39, 0.29) is 11.9 Å². The molecule has 0 heterocycles. The van der Waals surface area contributed by atoms with Crippen molar-refractivity contribution in [3.63, 3.8) is 0 Å². The van der Waals surface area contributed by atoms with Crippen molar-refractivity contribution in [1.82, 2.24) is 0 Å². The molecule has 0 aliphatic heterocycles. The highest BCUT2D eigenvalue weighted by Gasteiger charge is 2.36. The zero-order valence-corrected chi connectivity index (χ0v) is 16.9. The van der Waals surface area contributed by atoms with E-state index in [0.717, 1.165) is 24.8 Å². The Morgan fingerprint density at radius 1 is 1.09 bits per heavy atom. The normalized spacial score (nSPS) is 25.2. The number of hydrogen-bond acceptors (Lipinski definition) is 4. The lowest BCUT2D eigenvalue weighted by Gasteiger charge is -2.32. The van der Waals surface area contributed by atoms with Crippen LogP contribution in [0.2, 0.25) is 39.3 Å². The van der Waals surface area contributed by atoms with E-state index in [1.807, 2.05) is 39.3 Å². The van der Waals surface area contributed by atoms with Gasteiger partial charge in [-0.25, -0.2) is 0 Å². The second-order valence-electron chi connectivity index (χ2n) is 8.15. The van der Waals surface area contributed by atoms with Gasteiger partial charge in [0.25, 0.3) is 5.97 Å². The zero-order valence-electron chi connectivity index (χ0n) is 14.9. The molecular weight excluding hydrogens is 310 g/mol. The Morgan fingerprint density at radius 3 is 2.09 bits per heavy atom. The fourth-order valence-corrected chi connectivity index (χ4v) is 4.13. The van der Waals surface area contributed by atoms with Crippen molar-refractivity contribution in [3.05, 3.63) is 11.3 Å². The van der Waals surface area contributed by atoms with E-state index in [9.17, 15) is 10.1 Å². The van der Waals surface area contributed by atoms with Crippen LogP contribution in [0.4, 0.5) is 0 Å². The van der Waals surface area contributed by atoms with Crippen LogP contribution >= 0.6 is 0 Å². The molecule has 1 saturated carbocycles. The average Bonchev–Trinajstić information content (AvgIpc) is 2.32. The molecule has 1 rings (SSSR count). The van der Waals surface area contributed by atoms with E-state index >= 15 is 0 Å². The number of rotatable bonds is 4. The Hall–Kier alpha value is -1.07. The average molecular weight is 340 g/mol. The van der Waals surface area contributed by atoms with Crippen LogP contribution in [0.1, 0.15) is 26.2 Å². The fraction of sp³-hybridized carbons (Fsp3) is 0.750. The number of carbonyl (C=O) groups excluding carboxylic acids is 1. The van der Waals surface area contributed by atoms with Crippen LogP contribution in [0.25, 0.3) is 0 Å². The summed E-state index contributed by atoms with van der Waals surface area (Å²) in [6, 6.07) is 2.19. The summed E-state index contributed by atoms with van der Waals surface area (Å²) in [5.41, 5.74) is 0.854. The molecule has 0 N–H and O–H groups in total. The lowest BCUT2D eigenvalue weighted by atomic mass is 9.78. The lowest BCUT2D eigenvalue weighted by Crippen LogP contribution is -2.36. The highest BCUT2D eigenvalue weighted by molar-refractivity contribution is 6.71. The van der Waals surface area contributed by atoms with Gasteiger partial charge in [0.2, 0.25) is 16.6 Å². The van der Waals surface area contributed by atoms with Gasteiger partial charge < -0.3 is 8.85 Å². The van der Waals surface area contributed by atoms with Gasteiger partial charge in [0, 0.05) is 0 Å². The largest absolute Gasteiger partial charge is 0.537 e. The van der Waals surface area contributed by atoms with E-state index in [1.165, 1.54) is 0 Å². The molecule has 0 unspecified atom stereocenters. The van der Waals surface area contributed by atoms with Crippen molar-refractivity contribution >= 4 is 22.6 Å². The van der Waals surface area contributed by atoms with Crippen LogP contribution in [-0.2, 0) is 13.6 Å². The first-order valence-corrected chi connectivity index (χ1v) is 14.8. The smallest absolute Gasteiger partial charge is 0.299 e. The van der Waals surface area contributed by atoms with Gasteiger partial charge in [-0.3, -0.25) is 4.79 Å². The molecule has 0 aromatic carbocycles. The maximum absolute atomic E-state index is 12.5. The van der Waals surface area contributed by atoms with E-state index < -0.39 is 16.6 Å². The topological polar surface area (TPSA) is 59.3 Å². The molecule has 0 aromatic rings. The van der Waals surface area contributed by atoms with Gasteiger partial charge in [0.05, 0.1) is 5.92 Å². The van der Waals surface area contributed by atoms with Crippen LogP contribution in [0, 0.1) is 23.2 Å². The van der Waals surface area contributed by atoms with Gasteiger partial charge >= 0.3 is 0 Å². The Bertz CT molecular complexity index is 495. The van der Waals surface area contributed by atoms with Crippen molar-refractivity contribution in [2.24, 2.45) is 11.8 Å². The Labute approximate surface area is 136 Å². The molecule has 124 valence electrons. The lowest BCUT2D eigenvalue weighted by molar-refractivity contribution is -0.139. The zero-order chi connectivity index (χ0) is 17.1. The van der Waals surface area contributed by atoms with Gasteiger partial charge in [-0.05, 0) is 70.0 Å². The molecule has 22 heavy (non-hydrogen) atoms. The highest BCUT2D eigenvalue weighted by Crippen LogP contribution is 2.37. The van der Waals surface area contributed by atoms with E-state index in [1.54, 1.807) is 0 Å². The van der Waals surface area contributed by atoms with Gasteiger partial charge in [-0.1, -0.05) is 6.92 Å². The standard InChI is InChI=1S/C16H29NO3Si2/c1-12-8-9-13(16(18)20-22(5,6)7)14(10-12)15(11-17)19-21(2,3)4/h12-13H,8-10H2,1-7H3/b15-14+/t12-,13+/m1/s1. The number of carbonyl (C=O) groups is 1. The van der Waals surface area contributed by atoms with Crippen LogP contribution in [0.3, 0.4) is 0 Å². The molecule has 1 aliphatic rings. The predicted molar refractivity (Wildman–Crippen MR) is 93.0 cm³/mol. The third-order valence-electron chi connectivity index (χ3n) is 3.43. The monoisotopic (exact) mass is 339 g/mol. The van der Waals surface area contributed by atoms with Gasteiger partial charge in [-0.2, -0.15) is 5.26 Å². The molecule has 4 nitrogen and oxygen atoms in total. The number of nitriles is 1. The van der Waals surface area contributed by atoms with Crippen molar-refractivity contribution in [2.75, 3.05) is 0 Å². The second-order valence-corrected chi connectivity index (χ2v) is 17.0. The minimum absolute atomic E-state index is 0.173. The summed E-state index contributed by atoms with van der Waals surface area (Å²) in [6.07, 6.45) is 2.49. The third kappa shape index (κ3) is 5.97. The first kappa shape index (κ1) is 19.0. The fourth-order valence-electron chi connectivity index (χ4n) is 2.60. The summed E-state index contributed by atoms with van der Waals surface area (Å²) in [4.78, 5) is 12.5. The Balaban J connectivity index is 3.13. The van der Waals surface area contributed by atoms with Crippen LogP contribution in [-0.4, -0.2) is 22.6 Å². The van der Waals surface area contributed by atoms with Crippen molar-refractivity contribution in [3.8, 4) is 6.07 Å². The van der Waals surface area contributed by atoms with Crippen molar-refractivity contribution in [1.29, 1.82) is 5.26 Å². The molecule has 0 aromatic heterocycles. The molecule has 1 fully saturated rings. The summed E-state index contributed by atoms with van der Waals surface area (Å²) in [5, 5.41) is 9.51. The SMILES string of the molecule is C[C@@H]1CC[C@H](C(=O)O[Si](C)(C)C)/C(=C(\C#N)O[Si](C)(C)C)C1. The molecule has 0 amide bonds. The highest BCUT2D eigenvalue weighted by atomic mass is 28.4. The molecular formula is C16H29NO3Si2. The minimum Gasteiger partial charge on any atom is -0.537 e. The predicted octanol–water partition coefficient (Wildman–Crippen LogP) is 4.43. The first-order valence-electron chi connectivity index (χ1n) is 7.98. The number of allylic oxidation sites excluding steroid dienone is 1. The Kier molecular flexibility index (Phi) is 6.05. The van der Waals surface area contributed by atoms with E-state index in [0.29, 0.717) is 11.7 Å². The third-order valence-corrected chi connectivity index (χ3v) is 5.06. The van der Waals surface area contributed by atoms with Crippen molar-refractivity contribution < 1.29 is 13.6 Å². The molecule has 2 atom stereocenters. The van der Waals surface area contributed by atoms with Gasteiger partial charge in [0.1, 0.15) is 6.07 Å². The van der Waals surface area contributed by atoms with Gasteiger partial charge in [-0.15, -0.1) is 0 Å². The second kappa shape index (κ2) is 7.01. The quantitative estimate of drug-likeness (QED) is 0.432. The molecule has 0 radical (unpaired) electrons. The maximum Gasteiger partial charge on any atom is 0.299 e.